The van der Waals surface area contributed by atoms with Gasteiger partial charge in [0.1, 0.15) is 0 Å². The highest BCUT2D eigenvalue weighted by Crippen LogP contribution is 2.23. The van der Waals surface area contributed by atoms with Crippen LogP contribution in [-0.4, -0.2) is 22.0 Å². The molecule has 4 nitrogen and oxygen atoms in total. The van der Waals surface area contributed by atoms with Crippen LogP contribution in [0.1, 0.15) is 38.5 Å². The van der Waals surface area contributed by atoms with E-state index in [1.807, 2.05) is 24.5 Å². The van der Waals surface area contributed by atoms with Gasteiger partial charge in [0.25, 0.3) is 0 Å². The average Bonchev–Trinajstić information content (AvgIpc) is 2.95. The molecule has 0 bridgehead atoms. The molecule has 0 aliphatic heterocycles. The molecule has 1 aromatic carbocycles. The van der Waals surface area contributed by atoms with Crippen molar-refractivity contribution in [1.82, 2.24) is 14.9 Å². The van der Waals surface area contributed by atoms with Crippen LogP contribution < -0.4 is 5.32 Å². The lowest BCUT2D eigenvalue weighted by molar-refractivity contribution is -0.125. The van der Waals surface area contributed by atoms with Gasteiger partial charge in [0, 0.05) is 19.0 Å². The Morgan fingerprint density at radius 1 is 1.24 bits per heavy atom. The van der Waals surface area contributed by atoms with E-state index in [2.05, 4.69) is 20.9 Å². The quantitative estimate of drug-likeness (QED) is 0.858. The van der Waals surface area contributed by atoms with E-state index < -0.39 is 0 Å². The number of para-hydroxylation sites is 2. The molecule has 1 aliphatic carbocycles. The maximum Gasteiger partial charge on any atom is 0.223 e. The van der Waals surface area contributed by atoms with Crippen molar-refractivity contribution in [3.05, 3.63) is 30.6 Å². The van der Waals surface area contributed by atoms with Crippen molar-refractivity contribution in [2.75, 3.05) is 6.54 Å². The normalized spacial score (nSPS) is 16.2. The van der Waals surface area contributed by atoms with Gasteiger partial charge in [-0.2, -0.15) is 0 Å². The molecular weight excluding hydrogens is 262 g/mol. The first-order valence-electron chi connectivity index (χ1n) is 8.02. The van der Waals surface area contributed by atoms with E-state index in [1.165, 1.54) is 19.3 Å². The summed E-state index contributed by atoms with van der Waals surface area (Å²) in [5.41, 5.74) is 2.19. The van der Waals surface area contributed by atoms with Gasteiger partial charge in [-0.05, 0) is 31.4 Å². The third-order valence-corrected chi connectivity index (χ3v) is 4.38. The maximum atomic E-state index is 12.0. The second-order valence-electron chi connectivity index (χ2n) is 5.91. The molecule has 1 aliphatic rings. The summed E-state index contributed by atoms with van der Waals surface area (Å²) in [5, 5.41) is 3.09. The summed E-state index contributed by atoms with van der Waals surface area (Å²) in [5.74, 6) is 0.512. The van der Waals surface area contributed by atoms with Crippen LogP contribution in [0.3, 0.4) is 0 Å². The van der Waals surface area contributed by atoms with E-state index in [4.69, 9.17) is 0 Å². The predicted molar refractivity (Wildman–Crippen MR) is 83.9 cm³/mol. The van der Waals surface area contributed by atoms with Crippen molar-refractivity contribution in [3.8, 4) is 0 Å². The van der Waals surface area contributed by atoms with Gasteiger partial charge in [0.2, 0.25) is 5.91 Å². The third kappa shape index (κ3) is 3.43. The molecule has 0 spiro atoms. The lowest BCUT2D eigenvalue weighted by Crippen LogP contribution is -2.32. The van der Waals surface area contributed by atoms with Crippen LogP contribution in [0.25, 0.3) is 11.0 Å². The van der Waals surface area contributed by atoms with Gasteiger partial charge in [-0.1, -0.05) is 31.4 Å². The summed E-state index contributed by atoms with van der Waals surface area (Å²) in [4.78, 5) is 16.4. The van der Waals surface area contributed by atoms with Gasteiger partial charge in [-0.25, -0.2) is 4.98 Å². The van der Waals surface area contributed by atoms with Crippen LogP contribution in [0.15, 0.2) is 30.6 Å². The van der Waals surface area contributed by atoms with Gasteiger partial charge in [0.05, 0.1) is 17.4 Å². The zero-order chi connectivity index (χ0) is 14.5. The van der Waals surface area contributed by atoms with Gasteiger partial charge in [0.15, 0.2) is 0 Å². The molecule has 112 valence electrons. The monoisotopic (exact) mass is 285 g/mol. The fraction of sp³-hybridized carbons (Fsp3) is 0.529. The van der Waals surface area contributed by atoms with Gasteiger partial charge in [-0.3, -0.25) is 4.79 Å². The highest BCUT2D eigenvalue weighted by atomic mass is 16.1. The van der Waals surface area contributed by atoms with Crippen LogP contribution in [0, 0.1) is 5.92 Å². The first-order chi connectivity index (χ1) is 10.3. The molecule has 1 saturated carbocycles. The Morgan fingerprint density at radius 2 is 2.05 bits per heavy atom. The molecule has 0 atom stereocenters. The molecule has 0 saturated heterocycles. The summed E-state index contributed by atoms with van der Waals surface area (Å²) in [6.07, 6.45) is 8.66. The summed E-state index contributed by atoms with van der Waals surface area (Å²) in [6, 6.07) is 8.15. The molecule has 1 amide bonds. The first-order valence-corrected chi connectivity index (χ1v) is 8.02. The Kier molecular flexibility index (Phi) is 4.53. The number of carbonyl (C=O) groups is 1. The van der Waals surface area contributed by atoms with Crippen molar-refractivity contribution in [2.24, 2.45) is 5.92 Å². The molecule has 0 unspecified atom stereocenters. The topological polar surface area (TPSA) is 46.9 Å². The number of nitrogens with zero attached hydrogens (tertiary/aromatic N) is 2. The molecule has 1 fully saturated rings. The molecular formula is C17H23N3O. The molecule has 21 heavy (non-hydrogen) atoms. The van der Waals surface area contributed by atoms with Crippen molar-refractivity contribution in [2.45, 2.75) is 45.1 Å². The minimum absolute atomic E-state index is 0.255. The van der Waals surface area contributed by atoms with Crippen LogP contribution in [0.4, 0.5) is 0 Å². The maximum absolute atomic E-state index is 12.0. The van der Waals surface area contributed by atoms with E-state index >= 15 is 0 Å². The summed E-state index contributed by atoms with van der Waals surface area (Å²) in [6.45, 7) is 1.65. The van der Waals surface area contributed by atoms with Crippen molar-refractivity contribution >= 4 is 16.9 Å². The number of imidazole rings is 1. The highest BCUT2D eigenvalue weighted by Gasteiger charge is 2.20. The van der Waals surface area contributed by atoms with Gasteiger partial charge >= 0.3 is 0 Å². The second-order valence-corrected chi connectivity index (χ2v) is 5.91. The Bertz CT molecular complexity index is 599. The highest BCUT2D eigenvalue weighted by molar-refractivity contribution is 5.78. The van der Waals surface area contributed by atoms with Crippen molar-refractivity contribution in [3.63, 3.8) is 0 Å². The fourth-order valence-corrected chi connectivity index (χ4v) is 3.16. The molecule has 4 heteroatoms. The minimum Gasteiger partial charge on any atom is -0.356 e. The Morgan fingerprint density at radius 3 is 2.90 bits per heavy atom. The Hall–Kier alpha value is -1.84. The van der Waals surface area contributed by atoms with Gasteiger partial charge < -0.3 is 9.88 Å². The smallest absolute Gasteiger partial charge is 0.223 e. The summed E-state index contributed by atoms with van der Waals surface area (Å²) < 4.78 is 2.15. The summed E-state index contributed by atoms with van der Waals surface area (Å²) in [7, 11) is 0. The lowest BCUT2D eigenvalue weighted by atomic mass is 9.89. The van der Waals surface area contributed by atoms with Crippen LogP contribution >= 0.6 is 0 Å². The molecule has 0 radical (unpaired) electrons. The van der Waals surface area contributed by atoms with E-state index in [0.29, 0.717) is 0 Å². The number of benzene rings is 1. The largest absolute Gasteiger partial charge is 0.356 e. The van der Waals surface area contributed by atoms with Crippen LogP contribution in [0.5, 0.6) is 0 Å². The number of amides is 1. The van der Waals surface area contributed by atoms with Crippen molar-refractivity contribution < 1.29 is 4.79 Å². The van der Waals surface area contributed by atoms with Crippen molar-refractivity contribution in [1.29, 1.82) is 0 Å². The van der Waals surface area contributed by atoms with Gasteiger partial charge in [-0.15, -0.1) is 0 Å². The Balaban J connectivity index is 1.44. The van der Waals surface area contributed by atoms with E-state index in [0.717, 1.165) is 43.4 Å². The number of aryl methyl sites for hydroxylation is 1. The number of hydrogen-bond donors (Lipinski definition) is 1. The number of rotatable bonds is 5. The van der Waals surface area contributed by atoms with E-state index in [-0.39, 0.29) is 11.8 Å². The summed E-state index contributed by atoms with van der Waals surface area (Å²) >= 11 is 0. The second kappa shape index (κ2) is 6.74. The van der Waals surface area contributed by atoms with Crippen LogP contribution in [-0.2, 0) is 11.3 Å². The SMILES string of the molecule is O=C(NCCCn1cnc2ccccc21)C1CCCCC1. The first kappa shape index (κ1) is 14.1. The Labute approximate surface area is 125 Å². The average molecular weight is 285 g/mol. The zero-order valence-electron chi connectivity index (χ0n) is 12.4. The molecule has 3 rings (SSSR count). The number of fused-ring (bicyclic) bond motifs is 1. The van der Waals surface area contributed by atoms with E-state index in [9.17, 15) is 4.79 Å². The predicted octanol–water partition coefficient (Wildman–Crippen LogP) is 3.12. The molecule has 2 aromatic rings. The fourth-order valence-electron chi connectivity index (χ4n) is 3.16. The number of carbonyl (C=O) groups excluding carboxylic acids is 1. The molecule has 1 aromatic heterocycles. The lowest BCUT2D eigenvalue weighted by Gasteiger charge is -2.20. The van der Waals surface area contributed by atoms with E-state index in [1.54, 1.807) is 0 Å². The number of aromatic nitrogens is 2. The minimum atomic E-state index is 0.255. The standard InChI is InChI=1S/C17H23N3O/c21-17(14-7-2-1-3-8-14)18-11-6-12-20-13-19-15-9-4-5-10-16(15)20/h4-5,9-10,13-14H,1-3,6-8,11-12H2,(H,18,21). The zero-order valence-corrected chi connectivity index (χ0v) is 12.4. The number of hydrogen-bond acceptors (Lipinski definition) is 2. The number of nitrogens with one attached hydrogen (secondary N) is 1. The molecule has 1 N–H and O–H groups in total. The molecule has 1 heterocycles. The third-order valence-electron chi connectivity index (χ3n) is 4.38. The van der Waals surface area contributed by atoms with Crippen LogP contribution in [0.2, 0.25) is 0 Å².